The zero-order valence-electron chi connectivity index (χ0n) is 14.9. The summed E-state index contributed by atoms with van der Waals surface area (Å²) in [6, 6.07) is 0. The van der Waals surface area contributed by atoms with Crippen LogP contribution in [0.3, 0.4) is 0 Å². The predicted molar refractivity (Wildman–Crippen MR) is 82.5 cm³/mol. The lowest BCUT2D eigenvalue weighted by molar-refractivity contribution is -0.608. The van der Waals surface area contributed by atoms with E-state index in [9.17, 15) is 0 Å². The molecule has 0 aliphatic carbocycles. The van der Waals surface area contributed by atoms with E-state index in [1.54, 1.807) is 0 Å². The third-order valence-corrected chi connectivity index (χ3v) is 4.93. The number of nitrogens with two attached hydrogens (primary N) is 2. The Kier molecular flexibility index (Phi) is 6.29. The van der Waals surface area contributed by atoms with E-state index in [1.165, 1.54) is 0 Å². The highest BCUT2D eigenvalue weighted by Gasteiger charge is 2.44. The van der Waals surface area contributed by atoms with Crippen LogP contribution >= 0.6 is 0 Å². The van der Waals surface area contributed by atoms with Gasteiger partial charge in [-0.05, 0) is 61.5 Å². The van der Waals surface area contributed by atoms with Gasteiger partial charge in [-0.2, -0.15) is 0 Å². The zero-order chi connectivity index (χ0) is 17.8. The highest BCUT2D eigenvalue weighted by atomic mass is 16.6. The van der Waals surface area contributed by atoms with Crippen molar-refractivity contribution in [3.63, 3.8) is 0 Å². The molecule has 7 heteroatoms. The number of quaternary nitrogens is 2. The quantitative estimate of drug-likeness (QED) is 0.530. The summed E-state index contributed by atoms with van der Waals surface area (Å²) in [5.41, 5.74) is 0.694. The first kappa shape index (κ1) is 20.5. The average Bonchev–Trinajstić information content (AvgIpc) is 2.63. The molecule has 7 nitrogen and oxygen atoms in total. The molecule has 0 fully saturated rings. The van der Waals surface area contributed by atoms with Gasteiger partial charge in [-0.25, -0.2) is 9.98 Å². The minimum Gasteiger partial charge on any atom is -0.652 e. The summed E-state index contributed by atoms with van der Waals surface area (Å²) >= 11 is 0. The Hall–Kier alpha value is -1.47. The van der Waals surface area contributed by atoms with Gasteiger partial charge in [0.1, 0.15) is 22.2 Å². The molecule has 0 aromatic rings. The fourth-order valence-corrected chi connectivity index (χ4v) is 1.56. The van der Waals surface area contributed by atoms with Gasteiger partial charge in [0, 0.05) is 0 Å². The summed E-state index contributed by atoms with van der Waals surface area (Å²) < 4.78 is 0. The van der Waals surface area contributed by atoms with Crippen LogP contribution in [0.4, 0.5) is 4.79 Å². The first-order chi connectivity index (χ1) is 9.65. The van der Waals surface area contributed by atoms with Crippen LogP contribution in [0, 0.1) is 0 Å². The lowest BCUT2D eigenvalue weighted by Gasteiger charge is -2.27. The number of nitrogens with zero attached hydrogens (tertiary/aromatic N) is 2. The molecule has 0 unspecified atom stereocenters. The first-order valence-corrected chi connectivity index (χ1v) is 7.32. The van der Waals surface area contributed by atoms with E-state index in [1.807, 2.05) is 12.7 Å². The van der Waals surface area contributed by atoms with Gasteiger partial charge in [-0.15, -0.1) is 0 Å². The third-order valence-electron chi connectivity index (χ3n) is 4.93. The number of carboxylic acid groups (broad SMARTS) is 2. The van der Waals surface area contributed by atoms with Gasteiger partial charge in [0.05, 0.1) is 0 Å². The topological polar surface area (TPSA) is 121 Å². The van der Waals surface area contributed by atoms with Gasteiger partial charge >= 0.3 is 0 Å². The maximum atomic E-state index is 8.33. The van der Waals surface area contributed by atoms with Gasteiger partial charge in [0.15, 0.2) is 12.7 Å². The normalized spacial score (nSPS) is 24.7. The SMILES string of the molecule is CC1(C)N=C[NH2+]C1(C)C.CC1(C)N=C[NH2+]C1(C)C.O=C([O-])[O-]. The van der Waals surface area contributed by atoms with E-state index in [4.69, 9.17) is 15.0 Å². The molecule has 2 heterocycles. The van der Waals surface area contributed by atoms with Crippen molar-refractivity contribution in [1.82, 2.24) is 0 Å². The smallest absolute Gasteiger partial charge is 0.183 e. The largest absolute Gasteiger partial charge is 0.652 e. The molecule has 0 spiro atoms. The van der Waals surface area contributed by atoms with Crippen LogP contribution in [0.15, 0.2) is 9.98 Å². The predicted octanol–water partition coefficient (Wildman–Crippen LogP) is -2.15. The van der Waals surface area contributed by atoms with E-state index in [-0.39, 0.29) is 22.2 Å². The van der Waals surface area contributed by atoms with Crippen molar-refractivity contribution in [3.8, 4) is 0 Å². The molecule has 0 saturated heterocycles. The van der Waals surface area contributed by atoms with Crippen molar-refractivity contribution in [3.05, 3.63) is 0 Å². The number of rotatable bonds is 0. The van der Waals surface area contributed by atoms with Crippen LogP contribution in [0.1, 0.15) is 55.4 Å². The molecular weight excluding hydrogens is 284 g/mol. The van der Waals surface area contributed by atoms with Gasteiger partial charge in [-0.3, -0.25) is 10.6 Å². The number of carbonyl (C=O) groups is 1. The molecule has 0 atom stereocenters. The second-order valence-corrected chi connectivity index (χ2v) is 7.70. The number of carbonyl (C=O) groups excluding carboxylic acids is 1. The lowest BCUT2D eigenvalue weighted by atomic mass is 9.85. The number of hydrogen-bond donors (Lipinski definition) is 2. The molecule has 0 aromatic carbocycles. The van der Waals surface area contributed by atoms with Gasteiger partial charge < -0.3 is 15.0 Å². The molecule has 4 N–H and O–H groups in total. The van der Waals surface area contributed by atoms with E-state index in [0.29, 0.717) is 0 Å². The van der Waals surface area contributed by atoms with E-state index >= 15 is 0 Å². The van der Waals surface area contributed by atoms with Crippen LogP contribution in [0.5, 0.6) is 0 Å². The molecule has 22 heavy (non-hydrogen) atoms. The van der Waals surface area contributed by atoms with Crippen LogP contribution in [0.25, 0.3) is 0 Å². The van der Waals surface area contributed by atoms with Crippen molar-refractivity contribution in [2.75, 3.05) is 0 Å². The Bertz CT molecular complexity index is 412. The molecule has 0 bridgehead atoms. The number of aliphatic imine (C=N–C) groups is 2. The van der Waals surface area contributed by atoms with Gasteiger partial charge in [0.25, 0.3) is 0 Å². The summed E-state index contributed by atoms with van der Waals surface area (Å²) in [5, 5.41) is 21.0. The first-order valence-electron chi connectivity index (χ1n) is 7.32. The van der Waals surface area contributed by atoms with Gasteiger partial charge in [-0.1, -0.05) is 0 Å². The fourth-order valence-electron chi connectivity index (χ4n) is 1.56. The van der Waals surface area contributed by atoms with Crippen molar-refractivity contribution < 1.29 is 25.6 Å². The Morgan fingerprint density at radius 2 is 1.00 bits per heavy atom. The Balaban J connectivity index is 0.000000326. The zero-order valence-corrected chi connectivity index (χ0v) is 14.9. The summed E-state index contributed by atoms with van der Waals surface area (Å²) in [6.07, 6.45) is 1.50. The van der Waals surface area contributed by atoms with Crippen LogP contribution in [-0.4, -0.2) is 41.0 Å². The highest BCUT2D eigenvalue weighted by Crippen LogP contribution is 2.23. The third kappa shape index (κ3) is 5.38. The van der Waals surface area contributed by atoms with E-state index in [0.717, 1.165) is 0 Å². The van der Waals surface area contributed by atoms with Gasteiger partial charge in [0.2, 0.25) is 0 Å². The second kappa shape index (κ2) is 6.75. The Morgan fingerprint density at radius 3 is 1.05 bits per heavy atom. The Morgan fingerprint density at radius 1 is 0.773 bits per heavy atom. The summed E-state index contributed by atoms with van der Waals surface area (Å²) in [4.78, 5) is 17.0. The molecule has 2 aliphatic rings. The van der Waals surface area contributed by atoms with Crippen molar-refractivity contribution in [1.29, 1.82) is 0 Å². The highest BCUT2D eigenvalue weighted by molar-refractivity contribution is 5.48. The summed E-state index contributed by atoms with van der Waals surface area (Å²) in [5.74, 6) is 0. The van der Waals surface area contributed by atoms with Crippen molar-refractivity contribution in [2.45, 2.75) is 77.5 Å². The lowest BCUT2D eigenvalue weighted by Crippen LogP contribution is -2.94. The molecule has 0 saturated carbocycles. The minimum atomic E-state index is -2.33. The van der Waals surface area contributed by atoms with Crippen LogP contribution in [-0.2, 0) is 0 Å². The van der Waals surface area contributed by atoms with Crippen molar-refractivity contribution in [2.24, 2.45) is 9.98 Å². The van der Waals surface area contributed by atoms with Crippen molar-refractivity contribution >= 4 is 18.8 Å². The standard InChI is InChI=1S/2C7H14N2.CH2O3/c2*1-6(2)7(3,4)9-5-8-6;2-1(3)4/h2*5H,1-4H3,(H,8,9);(H2,2,3,4). The molecule has 0 aromatic heterocycles. The molecular formula is C15H30N4O3. The minimum absolute atomic E-state index is 0.104. The van der Waals surface area contributed by atoms with Crippen LogP contribution < -0.4 is 20.8 Å². The molecule has 0 amide bonds. The maximum absolute atomic E-state index is 8.33. The Labute approximate surface area is 132 Å². The van der Waals surface area contributed by atoms with E-state index in [2.05, 4.69) is 76.0 Å². The molecule has 2 rings (SSSR count). The van der Waals surface area contributed by atoms with Crippen LogP contribution in [0.2, 0.25) is 0 Å². The maximum Gasteiger partial charge on any atom is 0.183 e. The average molecular weight is 314 g/mol. The van der Waals surface area contributed by atoms with E-state index < -0.39 is 6.16 Å². The molecule has 128 valence electrons. The second-order valence-electron chi connectivity index (χ2n) is 7.70. The fraction of sp³-hybridized carbons (Fsp3) is 0.800. The molecule has 2 aliphatic heterocycles. The monoisotopic (exact) mass is 314 g/mol. The number of hydrogen-bond acceptors (Lipinski definition) is 5. The summed E-state index contributed by atoms with van der Waals surface area (Å²) in [7, 11) is 0. The summed E-state index contributed by atoms with van der Waals surface area (Å²) in [6.45, 7) is 17.5. The molecule has 0 radical (unpaired) electrons.